The second-order valence-corrected chi connectivity index (χ2v) is 6.92. The summed E-state index contributed by atoms with van der Waals surface area (Å²) in [6, 6.07) is 0. The van der Waals surface area contributed by atoms with Crippen molar-refractivity contribution in [3.8, 4) is 0 Å². The Hall–Kier alpha value is -0.831. The van der Waals surface area contributed by atoms with Gasteiger partial charge in [-0.25, -0.2) is 4.98 Å². The molecule has 0 aliphatic carbocycles. The monoisotopic (exact) mass is 547 g/mol. The first-order chi connectivity index (χ1) is 11.4. The first-order valence-electron chi connectivity index (χ1n) is 7.79. The molecule has 2 fully saturated rings. The molecule has 2 saturated heterocycles. The quantitative estimate of drug-likeness (QED) is 0.551. The van der Waals surface area contributed by atoms with E-state index < -0.39 is 0 Å². The zero-order valence-corrected chi connectivity index (χ0v) is 17.3. The number of nitrogens with one attached hydrogen (secondary N) is 1. The van der Waals surface area contributed by atoms with Crippen LogP contribution in [0.5, 0.6) is 0 Å². The molecule has 0 saturated carbocycles. The fraction of sp³-hybridized carbons (Fsp3) is 0.667. The SMILES string of the molecule is CC1(C)CC2CC(n3cnc4c(Cl)nc([NH-])nc43)OCC2O1.CO.[Ir]. The third-order valence-electron chi connectivity index (χ3n) is 4.40. The van der Waals surface area contributed by atoms with Crippen LogP contribution >= 0.6 is 11.6 Å². The van der Waals surface area contributed by atoms with Crippen molar-refractivity contribution in [2.45, 2.75) is 44.6 Å². The molecule has 8 nitrogen and oxygen atoms in total. The molecule has 25 heavy (non-hydrogen) atoms. The minimum absolute atomic E-state index is 0. The Morgan fingerprint density at radius 3 is 2.80 bits per heavy atom. The molecule has 10 heteroatoms. The second kappa shape index (κ2) is 7.82. The van der Waals surface area contributed by atoms with Crippen LogP contribution in [0, 0.1) is 5.92 Å². The minimum Gasteiger partial charge on any atom is -0.410 e. The van der Waals surface area contributed by atoms with E-state index in [4.69, 9.17) is 31.9 Å². The molecule has 4 heterocycles. The maximum atomic E-state index is 7.63. The first-order valence-corrected chi connectivity index (χ1v) is 8.16. The predicted octanol–water partition coefficient (Wildman–Crippen LogP) is 2.87. The van der Waals surface area contributed by atoms with Gasteiger partial charge in [-0.3, -0.25) is 0 Å². The molecule has 0 aromatic carbocycles. The number of aromatic nitrogens is 4. The summed E-state index contributed by atoms with van der Waals surface area (Å²) >= 11 is 6.03. The summed E-state index contributed by atoms with van der Waals surface area (Å²) in [5, 5.41) is 7.20. The summed E-state index contributed by atoms with van der Waals surface area (Å²) in [7, 11) is 1.00. The molecule has 2 aliphatic heterocycles. The number of fused-ring (bicyclic) bond motifs is 2. The van der Waals surface area contributed by atoms with Gasteiger partial charge in [0, 0.05) is 33.2 Å². The van der Waals surface area contributed by atoms with Crippen molar-refractivity contribution in [3.05, 3.63) is 17.2 Å². The van der Waals surface area contributed by atoms with Crippen LogP contribution in [-0.2, 0) is 29.6 Å². The molecule has 1 radical (unpaired) electrons. The Labute approximate surface area is 164 Å². The van der Waals surface area contributed by atoms with Crippen molar-refractivity contribution < 1.29 is 34.7 Å². The average Bonchev–Trinajstić information content (AvgIpc) is 3.07. The van der Waals surface area contributed by atoms with E-state index in [-0.39, 0.29) is 49.1 Å². The van der Waals surface area contributed by atoms with Crippen molar-refractivity contribution in [2.24, 2.45) is 5.92 Å². The number of imidazole rings is 1. The Kier molecular flexibility index (Phi) is 6.40. The average molecular weight is 547 g/mol. The van der Waals surface area contributed by atoms with Crippen LogP contribution in [0.2, 0.25) is 5.15 Å². The van der Waals surface area contributed by atoms with E-state index in [1.165, 1.54) is 0 Å². The standard InChI is InChI=1S/C14H17ClN5O2.CH4O.Ir/c1-14(2)4-7-3-9(21-5-8(7)22-14)20-6-17-10-11(15)18-13(16)19-12(10)20;1-2;/h6-9H,3-5H2,1-2H3,(H-,16,18,19);2H,1H3;/q-1;;. The minimum atomic E-state index is -0.158. The van der Waals surface area contributed by atoms with E-state index in [2.05, 4.69) is 28.8 Å². The molecule has 141 valence electrons. The van der Waals surface area contributed by atoms with Gasteiger partial charge in [0.2, 0.25) is 0 Å². The molecule has 0 bridgehead atoms. The third kappa shape index (κ3) is 3.97. The van der Waals surface area contributed by atoms with Crippen molar-refractivity contribution in [1.29, 1.82) is 0 Å². The number of nitrogens with zero attached hydrogens (tertiary/aromatic N) is 4. The van der Waals surface area contributed by atoms with Crippen LogP contribution in [0.4, 0.5) is 5.95 Å². The summed E-state index contributed by atoms with van der Waals surface area (Å²) in [5.41, 5.74) is 8.59. The molecule has 0 spiro atoms. The van der Waals surface area contributed by atoms with Gasteiger partial charge >= 0.3 is 0 Å². The van der Waals surface area contributed by atoms with Crippen molar-refractivity contribution in [2.75, 3.05) is 13.7 Å². The molecule has 3 atom stereocenters. The third-order valence-corrected chi connectivity index (χ3v) is 4.66. The van der Waals surface area contributed by atoms with Crippen LogP contribution < -0.4 is 0 Å². The normalized spacial score (nSPS) is 27.2. The fourth-order valence-electron chi connectivity index (χ4n) is 3.54. The topological polar surface area (TPSA) is 106 Å². The van der Waals surface area contributed by atoms with E-state index in [0.29, 0.717) is 23.7 Å². The number of ether oxygens (including phenoxy) is 2. The van der Waals surface area contributed by atoms with Gasteiger partial charge in [-0.15, -0.1) is 0 Å². The van der Waals surface area contributed by atoms with Crippen LogP contribution in [-0.4, -0.2) is 50.0 Å². The van der Waals surface area contributed by atoms with Gasteiger partial charge in [-0.2, -0.15) is 0 Å². The van der Waals surface area contributed by atoms with Gasteiger partial charge in [-0.1, -0.05) is 11.6 Å². The summed E-state index contributed by atoms with van der Waals surface area (Å²) in [4.78, 5) is 12.2. The van der Waals surface area contributed by atoms with Gasteiger partial charge in [0.05, 0.1) is 35.4 Å². The summed E-state index contributed by atoms with van der Waals surface area (Å²) in [6.07, 6.45) is 3.52. The fourth-order valence-corrected chi connectivity index (χ4v) is 3.76. The molecule has 2 aromatic heterocycles. The number of hydrogen-bond acceptors (Lipinski definition) is 6. The van der Waals surface area contributed by atoms with Crippen molar-refractivity contribution in [1.82, 2.24) is 19.5 Å². The van der Waals surface area contributed by atoms with Gasteiger partial charge in [0.25, 0.3) is 0 Å². The maximum Gasteiger partial charge on any atom is 0.136 e. The van der Waals surface area contributed by atoms with E-state index >= 15 is 0 Å². The zero-order chi connectivity index (χ0) is 17.5. The molecule has 2 aromatic rings. The largest absolute Gasteiger partial charge is 0.410 e. The van der Waals surface area contributed by atoms with E-state index in [0.717, 1.165) is 20.0 Å². The van der Waals surface area contributed by atoms with Gasteiger partial charge in [0.1, 0.15) is 11.7 Å². The Morgan fingerprint density at radius 1 is 1.36 bits per heavy atom. The van der Waals surface area contributed by atoms with Crippen molar-refractivity contribution >= 4 is 28.7 Å². The van der Waals surface area contributed by atoms with Gasteiger partial charge in [-0.05, 0) is 32.6 Å². The smallest absolute Gasteiger partial charge is 0.136 e. The Bertz CT molecular complexity index is 741. The molecule has 4 rings (SSSR count). The molecule has 0 amide bonds. The molecular weight excluding hydrogens is 526 g/mol. The van der Waals surface area contributed by atoms with Crippen LogP contribution in [0.1, 0.15) is 32.9 Å². The van der Waals surface area contributed by atoms with Crippen LogP contribution in [0.3, 0.4) is 0 Å². The van der Waals surface area contributed by atoms with Crippen molar-refractivity contribution in [3.63, 3.8) is 0 Å². The van der Waals surface area contributed by atoms with E-state index in [1.807, 2.05) is 4.57 Å². The second-order valence-electron chi connectivity index (χ2n) is 6.57. The number of halogens is 1. The summed E-state index contributed by atoms with van der Waals surface area (Å²) in [5.74, 6) is 0.345. The summed E-state index contributed by atoms with van der Waals surface area (Å²) in [6.45, 7) is 4.80. The zero-order valence-electron chi connectivity index (χ0n) is 14.2. The molecule has 2 aliphatic rings. The van der Waals surface area contributed by atoms with Gasteiger partial charge < -0.3 is 34.8 Å². The molecule has 3 unspecified atom stereocenters. The van der Waals surface area contributed by atoms with Crippen LogP contribution in [0.15, 0.2) is 6.33 Å². The Balaban J connectivity index is 0.000000726. The number of hydrogen-bond donors (Lipinski definition) is 1. The Morgan fingerprint density at radius 2 is 2.08 bits per heavy atom. The van der Waals surface area contributed by atoms with Crippen LogP contribution in [0.25, 0.3) is 16.9 Å². The number of rotatable bonds is 1. The molecule has 2 N–H and O–H groups in total. The molecular formula is C15H21ClIrN5O3-. The van der Waals surface area contributed by atoms with Gasteiger partial charge in [0.15, 0.2) is 0 Å². The number of aliphatic hydroxyl groups excluding tert-OH is 1. The summed E-state index contributed by atoms with van der Waals surface area (Å²) < 4.78 is 13.8. The maximum absolute atomic E-state index is 7.63. The number of aliphatic hydroxyl groups is 1. The van der Waals surface area contributed by atoms with E-state index in [9.17, 15) is 0 Å². The van der Waals surface area contributed by atoms with E-state index in [1.54, 1.807) is 6.33 Å². The first kappa shape index (κ1) is 20.5. The predicted molar refractivity (Wildman–Crippen MR) is 89.1 cm³/mol.